The van der Waals surface area contributed by atoms with Crippen molar-refractivity contribution in [3.05, 3.63) is 33.9 Å². The van der Waals surface area contributed by atoms with Crippen LogP contribution in [0.4, 0.5) is 5.69 Å². The van der Waals surface area contributed by atoms with Gasteiger partial charge in [-0.3, -0.25) is 10.1 Å². The van der Waals surface area contributed by atoms with Gasteiger partial charge in [0.25, 0.3) is 5.69 Å². The summed E-state index contributed by atoms with van der Waals surface area (Å²) in [6.07, 6.45) is 0. The lowest BCUT2D eigenvalue weighted by atomic mass is 10.2. The Hall–Kier alpha value is -1.39. The van der Waals surface area contributed by atoms with Crippen LogP contribution in [0.2, 0.25) is 0 Å². The Bertz CT molecular complexity index is 392. The summed E-state index contributed by atoms with van der Waals surface area (Å²) >= 11 is 0. The summed E-state index contributed by atoms with van der Waals surface area (Å²) in [6, 6.07) is 4.10. The van der Waals surface area contributed by atoms with Crippen LogP contribution in [0.25, 0.3) is 0 Å². The summed E-state index contributed by atoms with van der Waals surface area (Å²) in [7, 11) is -3.12. The largest absolute Gasteiger partial charge is 0.426 e. The second-order valence-corrected chi connectivity index (χ2v) is 3.26. The number of rotatable bonds is 3. The van der Waals surface area contributed by atoms with Crippen molar-refractivity contribution in [2.24, 2.45) is 0 Å². The molecule has 0 heterocycles. The molecule has 0 saturated carbocycles. The van der Waals surface area contributed by atoms with Crippen molar-refractivity contribution >= 4 is 13.9 Å². The molecule has 1 rings (SSSR count). The SMILES string of the molecule is Cc1c(O[PH](=O)O)cccc1[N+](=O)[O-]. The number of nitro groups is 1. The average molecular weight is 217 g/mol. The first-order chi connectivity index (χ1) is 6.52. The molecule has 0 bridgehead atoms. The monoisotopic (exact) mass is 217 g/mol. The molecule has 0 saturated heterocycles. The van der Waals surface area contributed by atoms with Gasteiger partial charge >= 0.3 is 8.25 Å². The third-order valence-corrected chi connectivity index (χ3v) is 2.04. The number of hydrogen-bond donors (Lipinski definition) is 1. The van der Waals surface area contributed by atoms with Gasteiger partial charge in [-0.05, 0) is 13.0 Å². The number of nitro benzene ring substituents is 1. The van der Waals surface area contributed by atoms with Gasteiger partial charge in [-0.15, -0.1) is 0 Å². The Morgan fingerprint density at radius 3 is 2.71 bits per heavy atom. The standard InChI is InChI=1S/C7H8NO5P/c1-5-6(8(9)10)3-2-4-7(5)13-14(11)12/h2-4,14H,1H3,(H,11,12). The minimum absolute atomic E-state index is 0.0607. The second kappa shape index (κ2) is 4.21. The molecule has 1 atom stereocenters. The van der Waals surface area contributed by atoms with Crippen LogP contribution in [0.1, 0.15) is 5.56 Å². The van der Waals surface area contributed by atoms with Crippen LogP contribution in [0.15, 0.2) is 18.2 Å². The van der Waals surface area contributed by atoms with Crippen LogP contribution in [-0.2, 0) is 4.57 Å². The molecule has 1 aromatic carbocycles. The van der Waals surface area contributed by atoms with Crippen molar-refractivity contribution in [1.82, 2.24) is 0 Å². The molecule has 0 radical (unpaired) electrons. The van der Waals surface area contributed by atoms with Crippen LogP contribution in [0, 0.1) is 17.0 Å². The Morgan fingerprint density at radius 2 is 2.21 bits per heavy atom. The van der Waals surface area contributed by atoms with Crippen molar-refractivity contribution in [2.75, 3.05) is 0 Å². The predicted octanol–water partition coefficient (Wildman–Crippen LogP) is 1.66. The van der Waals surface area contributed by atoms with Crippen LogP contribution in [0.3, 0.4) is 0 Å². The van der Waals surface area contributed by atoms with Gasteiger partial charge in [0, 0.05) is 6.07 Å². The van der Waals surface area contributed by atoms with Gasteiger partial charge in [0.15, 0.2) is 0 Å². The molecule has 1 aromatic rings. The van der Waals surface area contributed by atoms with Crippen LogP contribution in [-0.4, -0.2) is 9.82 Å². The minimum Gasteiger partial charge on any atom is -0.426 e. The Morgan fingerprint density at radius 1 is 1.57 bits per heavy atom. The molecular weight excluding hydrogens is 209 g/mol. The molecule has 1 N–H and O–H groups in total. The van der Waals surface area contributed by atoms with E-state index in [0.717, 1.165) is 0 Å². The Labute approximate surface area is 80.2 Å². The van der Waals surface area contributed by atoms with E-state index < -0.39 is 13.2 Å². The van der Waals surface area contributed by atoms with E-state index in [1.165, 1.54) is 25.1 Å². The van der Waals surface area contributed by atoms with Gasteiger partial charge in [0.1, 0.15) is 5.75 Å². The zero-order chi connectivity index (χ0) is 10.7. The fraction of sp³-hybridized carbons (Fsp3) is 0.143. The van der Waals surface area contributed by atoms with E-state index in [-0.39, 0.29) is 17.0 Å². The van der Waals surface area contributed by atoms with Crippen LogP contribution >= 0.6 is 8.25 Å². The zero-order valence-corrected chi connectivity index (χ0v) is 8.26. The lowest BCUT2D eigenvalue weighted by Gasteiger charge is -2.04. The molecule has 6 nitrogen and oxygen atoms in total. The topological polar surface area (TPSA) is 89.7 Å². The fourth-order valence-electron chi connectivity index (χ4n) is 1.01. The van der Waals surface area contributed by atoms with Crippen LogP contribution in [0.5, 0.6) is 5.75 Å². The maximum absolute atomic E-state index is 10.5. The first-order valence-corrected chi connectivity index (χ1v) is 4.93. The van der Waals surface area contributed by atoms with Crippen molar-refractivity contribution in [3.8, 4) is 5.75 Å². The lowest BCUT2D eigenvalue weighted by Crippen LogP contribution is -1.93. The first kappa shape index (κ1) is 10.7. The predicted molar refractivity (Wildman–Crippen MR) is 49.7 cm³/mol. The second-order valence-electron chi connectivity index (χ2n) is 2.53. The highest BCUT2D eigenvalue weighted by Gasteiger charge is 2.14. The van der Waals surface area contributed by atoms with Gasteiger partial charge < -0.3 is 9.42 Å². The van der Waals surface area contributed by atoms with Crippen LogP contribution < -0.4 is 4.52 Å². The maximum Gasteiger partial charge on any atom is 0.365 e. The van der Waals surface area contributed by atoms with E-state index in [1.807, 2.05) is 0 Å². The minimum atomic E-state index is -3.12. The van der Waals surface area contributed by atoms with E-state index in [4.69, 9.17) is 4.89 Å². The van der Waals surface area contributed by atoms with E-state index in [2.05, 4.69) is 4.52 Å². The van der Waals surface area contributed by atoms with Gasteiger partial charge in [0.05, 0.1) is 10.5 Å². The molecule has 0 aliphatic heterocycles. The summed E-state index contributed by atoms with van der Waals surface area (Å²) in [6.45, 7) is 1.46. The van der Waals surface area contributed by atoms with Gasteiger partial charge in [0.2, 0.25) is 0 Å². The third-order valence-electron chi connectivity index (χ3n) is 1.65. The quantitative estimate of drug-likeness (QED) is 0.472. The van der Waals surface area contributed by atoms with E-state index in [0.29, 0.717) is 0 Å². The summed E-state index contributed by atoms with van der Waals surface area (Å²) in [5, 5.41) is 10.5. The number of benzene rings is 1. The zero-order valence-electron chi connectivity index (χ0n) is 7.26. The van der Waals surface area contributed by atoms with E-state index in [1.54, 1.807) is 0 Å². The molecule has 0 spiro atoms. The Kier molecular flexibility index (Phi) is 3.22. The van der Waals surface area contributed by atoms with E-state index >= 15 is 0 Å². The highest BCUT2D eigenvalue weighted by Crippen LogP contribution is 2.31. The smallest absolute Gasteiger partial charge is 0.365 e. The number of hydrogen-bond acceptors (Lipinski definition) is 4. The molecule has 14 heavy (non-hydrogen) atoms. The van der Waals surface area contributed by atoms with Crippen molar-refractivity contribution in [2.45, 2.75) is 6.92 Å². The van der Waals surface area contributed by atoms with Crippen molar-refractivity contribution < 1.29 is 18.9 Å². The van der Waals surface area contributed by atoms with Gasteiger partial charge in [-0.2, -0.15) is 0 Å². The molecule has 0 aromatic heterocycles. The molecule has 0 fully saturated rings. The summed E-state index contributed by atoms with van der Waals surface area (Å²) in [5.41, 5.74) is 0.107. The summed E-state index contributed by atoms with van der Waals surface area (Å²) in [5.74, 6) is 0.0607. The number of nitrogens with zero attached hydrogens (tertiary/aromatic N) is 1. The molecule has 0 aliphatic carbocycles. The summed E-state index contributed by atoms with van der Waals surface area (Å²) in [4.78, 5) is 18.4. The average Bonchev–Trinajstić information content (AvgIpc) is 2.07. The first-order valence-electron chi connectivity index (χ1n) is 3.67. The Balaban J connectivity index is 3.13. The van der Waals surface area contributed by atoms with Gasteiger partial charge in [-0.1, -0.05) is 6.07 Å². The van der Waals surface area contributed by atoms with Crippen molar-refractivity contribution in [1.29, 1.82) is 0 Å². The molecular formula is C7H8NO5P. The molecule has 0 aliphatic rings. The highest BCUT2D eigenvalue weighted by atomic mass is 31.1. The van der Waals surface area contributed by atoms with Crippen molar-refractivity contribution in [3.63, 3.8) is 0 Å². The molecule has 7 heteroatoms. The highest BCUT2D eigenvalue weighted by molar-refractivity contribution is 7.32. The molecule has 0 amide bonds. The van der Waals surface area contributed by atoms with E-state index in [9.17, 15) is 14.7 Å². The molecule has 1 unspecified atom stereocenters. The van der Waals surface area contributed by atoms with Gasteiger partial charge in [-0.25, -0.2) is 4.57 Å². The summed E-state index contributed by atoms with van der Waals surface area (Å²) < 4.78 is 14.9. The lowest BCUT2D eigenvalue weighted by molar-refractivity contribution is -0.385. The molecule has 76 valence electrons. The third kappa shape index (κ3) is 2.31. The normalized spacial score (nSPS) is 12.1. The fourth-order valence-corrected chi connectivity index (χ4v) is 1.41. The maximum atomic E-state index is 10.5.